The van der Waals surface area contributed by atoms with Crippen LogP contribution in [-0.2, 0) is 19.6 Å². The number of carbonyl (C=O) groups excluding carboxylic acids is 2. The number of carbonyl (C=O) groups is 2. The third-order valence-electron chi connectivity index (χ3n) is 6.57. The van der Waals surface area contributed by atoms with Gasteiger partial charge in [0.05, 0.1) is 16.6 Å². The molecule has 5 rings (SSSR count). The van der Waals surface area contributed by atoms with Gasteiger partial charge in [-0.2, -0.15) is 10.1 Å². The zero-order valence-electron chi connectivity index (χ0n) is 21.9. The second-order valence-electron chi connectivity index (χ2n) is 9.62. The molecule has 0 saturated heterocycles. The fraction of sp³-hybridized carbons (Fsp3) is 0.214. The van der Waals surface area contributed by atoms with Gasteiger partial charge in [-0.1, -0.05) is 54.2 Å². The molecule has 3 aromatic carbocycles. The summed E-state index contributed by atoms with van der Waals surface area (Å²) in [5, 5.41) is 14.2. The van der Waals surface area contributed by atoms with E-state index in [1.165, 1.54) is 36.0 Å². The second-order valence-corrected chi connectivity index (χ2v) is 12.4. The number of hydrazone groups is 1. The maximum Gasteiger partial charge on any atom is 0.262 e. The number of amidine groups is 1. The molecule has 206 valence electrons. The standard InChI is InChI=1S/C28H28N6O4S2/c1-33(2)21-12-8-19(9-13-21)24-16-23(18-6-4-3-5-7-18)32-34(24)28-31-27(36)25(39-28)17-26(35)30-20-10-14-22(15-11-20)40(29,37)38/h3-15,24-25H,16-17H2,1-2H3,(H,30,35)(H2,29,37,38). The second kappa shape index (κ2) is 11.2. The van der Waals surface area contributed by atoms with Crippen LogP contribution in [0.15, 0.2) is 93.9 Å². The molecule has 2 aliphatic heterocycles. The fourth-order valence-corrected chi connectivity index (χ4v) is 6.04. The highest BCUT2D eigenvalue weighted by Crippen LogP contribution is 2.39. The van der Waals surface area contributed by atoms with E-state index < -0.39 is 27.1 Å². The van der Waals surface area contributed by atoms with Crippen molar-refractivity contribution in [1.29, 1.82) is 0 Å². The number of thioether (sulfide) groups is 1. The van der Waals surface area contributed by atoms with Gasteiger partial charge in [0.2, 0.25) is 15.9 Å². The zero-order valence-corrected chi connectivity index (χ0v) is 23.5. The number of amides is 2. The van der Waals surface area contributed by atoms with E-state index in [1.807, 2.05) is 61.5 Å². The van der Waals surface area contributed by atoms with Gasteiger partial charge in [0, 0.05) is 38.3 Å². The van der Waals surface area contributed by atoms with Gasteiger partial charge in [0.15, 0.2) is 5.17 Å². The molecule has 12 heteroatoms. The van der Waals surface area contributed by atoms with Crippen LogP contribution in [0.1, 0.15) is 30.0 Å². The van der Waals surface area contributed by atoms with Crippen LogP contribution in [0.2, 0.25) is 0 Å². The third-order valence-corrected chi connectivity index (χ3v) is 8.65. The summed E-state index contributed by atoms with van der Waals surface area (Å²) in [6.45, 7) is 0. The van der Waals surface area contributed by atoms with E-state index in [0.29, 0.717) is 17.3 Å². The average molecular weight is 577 g/mol. The minimum atomic E-state index is -3.83. The first kappa shape index (κ1) is 27.6. The molecule has 0 aromatic heterocycles. The number of nitrogens with zero attached hydrogens (tertiary/aromatic N) is 4. The molecule has 2 amide bonds. The monoisotopic (exact) mass is 576 g/mol. The first-order valence-corrected chi connectivity index (χ1v) is 14.9. The number of rotatable bonds is 7. The van der Waals surface area contributed by atoms with E-state index in [2.05, 4.69) is 22.4 Å². The van der Waals surface area contributed by atoms with Crippen LogP contribution in [0.3, 0.4) is 0 Å². The van der Waals surface area contributed by atoms with E-state index >= 15 is 0 Å². The molecule has 40 heavy (non-hydrogen) atoms. The fourth-order valence-electron chi connectivity index (χ4n) is 4.46. The first-order chi connectivity index (χ1) is 19.1. The minimum Gasteiger partial charge on any atom is -0.378 e. The Morgan fingerprint density at radius 3 is 2.35 bits per heavy atom. The number of hydrogen-bond acceptors (Lipinski definition) is 8. The van der Waals surface area contributed by atoms with Crippen molar-refractivity contribution < 1.29 is 18.0 Å². The van der Waals surface area contributed by atoms with E-state index in [9.17, 15) is 18.0 Å². The predicted octanol–water partition coefficient (Wildman–Crippen LogP) is 3.58. The Morgan fingerprint density at radius 2 is 1.73 bits per heavy atom. The van der Waals surface area contributed by atoms with Crippen molar-refractivity contribution in [2.75, 3.05) is 24.3 Å². The van der Waals surface area contributed by atoms with Crippen LogP contribution in [0.5, 0.6) is 0 Å². The lowest BCUT2D eigenvalue weighted by molar-refractivity contribution is -0.121. The van der Waals surface area contributed by atoms with Gasteiger partial charge in [-0.25, -0.2) is 18.6 Å². The number of primary sulfonamides is 1. The summed E-state index contributed by atoms with van der Waals surface area (Å²) in [4.78, 5) is 31.8. The maximum absolute atomic E-state index is 12.8. The number of nitrogens with one attached hydrogen (secondary N) is 1. The lowest BCUT2D eigenvalue weighted by Crippen LogP contribution is -2.25. The maximum atomic E-state index is 12.8. The van der Waals surface area contributed by atoms with Crippen LogP contribution < -0.4 is 15.4 Å². The molecule has 0 aliphatic carbocycles. The van der Waals surface area contributed by atoms with Crippen LogP contribution in [-0.4, -0.2) is 55.5 Å². The molecule has 0 bridgehead atoms. The Hall–Kier alpha value is -4.00. The van der Waals surface area contributed by atoms with Crippen molar-refractivity contribution in [2.45, 2.75) is 29.0 Å². The predicted molar refractivity (Wildman–Crippen MR) is 158 cm³/mol. The molecule has 10 nitrogen and oxygen atoms in total. The van der Waals surface area contributed by atoms with Gasteiger partial charge >= 0.3 is 0 Å². The van der Waals surface area contributed by atoms with Gasteiger partial charge in [-0.05, 0) is 47.5 Å². The lowest BCUT2D eigenvalue weighted by Gasteiger charge is -2.24. The molecule has 2 heterocycles. The number of anilines is 2. The highest BCUT2D eigenvalue weighted by Gasteiger charge is 2.39. The summed E-state index contributed by atoms with van der Waals surface area (Å²) in [5.41, 5.74) is 4.40. The Balaban J connectivity index is 1.32. The molecular formula is C28H28N6O4S2. The molecule has 3 aromatic rings. The minimum absolute atomic E-state index is 0.0583. The molecule has 2 aliphatic rings. The normalized spacial score (nSPS) is 18.9. The number of sulfonamides is 1. The molecule has 0 spiro atoms. The molecule has 2 atom stereocenters. The van der Waals surface area contributed by atoms with Crippen molar-refractivity contribution in [1.82, 2.24) is 5.01 Å². The Morgan fingerprint density at radius 1 is 1.05 bits per heavy atom. The summed E-state index contributed by atoms with van der Waals surface area (Å²) < 4.78 is 22.9. The van der Waals surface area contributed by atoms with Crippen LogP contribution >= 0.6 is 11.8 Å². The molecule has 3 N–H and O–H groups in total. The highest BCUT2D eigenvalue weighted by atomic mass is 32.2. The van der Waals surface area contributed by atoms with E-state index in [-0.39, 0.29) is 17.4 Å². The molecule has 2 unspecified atom stereocenters. The lowest BCUT2D eigenvalue weighted by atomic mass is 9.98. The summed E-state index contributed by atoms with van der Waals surface area (Å²) >= 11 is 1.22. The molecule has 0 fully saturated rings. The summed E-state index contributed by atoms with van der Waals surface area (Å²) in [5.74, 6) is -0.791. The third kappa shape index (κ3) is 6.09. The van der Waals surface area contributed by atoms with Gasteiger partial charge in [0.25, 0.3) is 5.91 Å². The molecular weight excluding hydrogens is 548 g/mol. The number of benzene rings is 3. The topological polar surface area (TPSA) is 138 Å². The van der Waals surface area contributed by atoms with Gasteiger partial charge in [0.1, 0.15) is 5.25 Å². The zero-order chi connectivity index (χ0) is 28.4. The van der Waals surface area contributed by atoms with Crippen molar-refractivity contribution >= 4 is 55.9 Å². The van der Waals surface area contributed by atoms with Crippen molar-refractivity contribution in [2.24, 2.45) is 15.2 Å². The number of nitrogens with two attached hydrogens (primary N) is 1. The Labute approximate surface area is 237 Å². The smallest absolute Gasteiger partial charge is 0.262 e. The first-order valence-electron chi connectivity index (χ1n) is 12.5. The van der Waals surface area contributed by atoms with E-state index in [0.717, 1.165) is 22.5 Å². The summed E-state index contributed by atoms with van der Waals surface area (Å²) in [6.07, 6.45) is 0.539. The van der Waals surface area contributed by atoms with Crippen molar-refractivity contribution in [3.05, 3.63) is 90.0 Å². The number of hydrogen-bond donors (Lipinski definition) is 2. The van der Waals surface area contributed by atoms with Crippen LogP contribution in [0.25, 0.3) is 0 Å². The van der Waals surface area contributed by atoms with E-state index in [4.69, 9.17) is 10.2 Å². The van der Waals surface area contributed by atoms with Gasteiger partial charge in [-0.15, -0.1) is 0 Å². The Kier molecular flexibility index (Phi) is 7.74. The van der Waals surface area contributed by atoms with Crippen molar-refractivity contribution in [3.63, 3.8) is 0 Å². The summed E-state index contributed by atoms with van der Waals surface area (Å²) in [7, 11) is 0.136. The van der Waals surface area contributed by atoms with E-state index in [1.54, 1.807) is 5.01 Å². The number of aliphatic imine (C=N–C) groups is 1. The molecule has 0 saturated carbocycles. The largest absolute Gasteiger partial charge is 0.378 e. The van der Waals surface area contributed by atoms with Crippen molar-refractivity contribution in [3.8, 4) is 0 Å². The average Bonchev–Trinajstić information content (AvgIpc) is 3.53. The van der Waals surface area contributed by atoms with Gasteiger partial charge in [-0.3, -0.25) is 9.59 Å². The summed E-state index contributed by atoms with van der Waals surface area (Å²) in [6, 6.07) is 23.4. The van der Waals surface area contributed by atoms with Crippen LogP contribution in [0, 0.1) is 0 Å². The molecule has 0 radical (unpaired) electrons. The highest BCUT2D eigenvalue weighted by molar-refractivity contribution is 8.15. The SMILES string of the molecule is CN(C)c1ccc(C2CC(c3ccccc3)=NN2C2=NC(=O)C(CC(=O)Nc3ccc(S(N)(=O)=O)cc3)S2)cc1. The Bertz CT molecular complexity index is 1590. The van der Waals surface area contributed by atoms with Gasteiger partial charge < -0.3 is 10.2 Å². The van der Waals surface area contributed by atoms with Crippen LogP contribution in [0.4, 0.5) is 11.4 Å². The quantitative estimate of drug-likeness (QED) is 0.439.